The van der Waals surface area contributed by atoms with Crippen molar-refractivity contribution in [3.8, 4) is 17.3 Å². The summed E-state index contributed by atoms with van der Waals surface area (Å²) >= 11 is 0. The van der Waals surface area contributed by atoms with Gasteiger partial charge in [-0.2, -0.15) is 5.10 Å². The highest BCUT2D eigenvalue weighted by molar-refractivity contribution is 5.65. The van der Waals surface area contributed by atoms with Gasteiger partial charge in [-0.3, -0.25) is 4.68 Å². The smallest absolute Gasteiger partial charge is 0.407 e. The Labute approximate surface area is 151 Å². The van der Waals surface area contributed by atoms with E-state index in [2.05, 4.69) is 15.3 Å². The summed E-state index contributed by atoms with van der Waals surface area (Å²) < 4.78 is 7.63. The van der Waals surface area contributed by atoms with E-state index in [1.54, 1.807) is 4.68 Å². The van der Waals surface area contributed by atoms with E-state index < -0.39 is 6.09 Å². The number of ether oxygens (including phenoxy) is 1. The Morgan fingerprint density at radius 2 is 2.00 bits per heavy atom. The van der Waals surface area contributed by atoms with Gasteiger partial charge in [0.05, 0.1) is 18.5 Å². The van der Waals surface area contributed by atoms with Crippen molar-refractivity contribution in [2.24, 2.45) is 24.8 Å². The van der Waals surface area contributed by atoms with Crippen molar-refractivity contribution in [2.45, 2.75) is 19.8 Å². The molecule has 0 spiro atoms. The van der Waals surface area contributed by atoms with E-state index in [0.29, 0.717) is 43.3 Å². The molecule has 26 heavy (non-hydrogen) atoms. The molecule has 3 heterocycles. The molecule has 2 fully saturated rings. The van der Waals surface area contributed by atoms with Gasteiger partial charge in [0, 0.05) is 26.2 Å². The number of aromatic nitrogens is 4. The second-order valence-corrected chi connectivity index (χ2v) is 7.41. The molecule has 1 amide bonds. The zero-order valence-corrected chi connectivity index (χ0v) is 15.0. The molecule has 1 saturated heterocycles. The van der Waals surface area contributed by atoms with Crippen LogP contribution in [0.3, 0.4) is 0 Å². The average molecular weight is 357 g/mol. The number of hydrogen-bond donors (Lipinski definition) is 1. The second kappa shape index (κ2) is 6.59. The van der Waals surface area contributed by atoms with E-state index in [4.69, 9.17) is 9.84 Å². The SMILES string of the molecule is Cc1cnn(C)c1-c1ccc(OCC2C[C@@H]3CN(C(=O)O)C[C@@H]3C2)nn1. The Bertz CT molecular complexity index is 770. The van der Waals surface area contributed by atoms with Gasteiger partial charge < -0.3 is 14.7 Å². The minimum absolute atomic E-state index is 0.460. The maximum absolute atomic E-state index is 11.1. The zero-order chi connectivity index (χ0) is 18.3. The molecule has 8 nitrogen and oxygen atoms in total. The van der Waals surface area contributed by atoms with Crippen LogP contribution in [0.25, 0.3) is 11.4 Å². The molecule has 0 aromatic carbocycles. The highest BCUT2D eigenvalue weighted by atomic mass is 16.5. The van der Waals surface area contributed by atoms with Crippen LogP contribution in [0.1, 0.15) is 18.4 Å². The van der Waals surface area contributed by atoms with Gasteiger partial charge in [0.2, 0.25) is 5.88 Å². The highest BCUT2D eigenvalue weighted by Gasteiger charge is 2.42. The van der Waals surface area contributed by atoms with Gasteiger partial charge >= 0.3 is 6.09 Å². The Balaban J connectivity index is 1.32. The maximum atomic E-state index is 11.1. The quantitative estimate of drug-likeness (QED) is 0.902. The summed E-state index contributed by atoms with van der Waals surface area (Å²) in [5.41, 5.74) is 2.79. The summed E-state index contributed by atoms with van der Waals surface area (Å²) in [6.45, 7) is 3.93. The molecule has 1 unspecified atom stereocenters. The number of carbonyl (C=O) groups is 1. The summed E-state index contributed by atoms with van der Waals surface area (Å²) in [6.07, 6.45) is 3.05. The largest absolute Gasteiger partial charge is 0.476 e. The lowest BCUT2D eigenvalue weighted by Gasteiger charge is -2.16. The molecular formula is C18H23N5O3. The lowest BCUT2D eigenvalue weighted by molar-refractivity contribution is 0.149. The van der Waals surface area contributed by atoms with Gasteiger partial charge in [0.25, 0.3) is 0 Å². The Hall–Kier alpha value is -2.64. The molecule has 2 aromatic rings. The molecule has 0 radical (unpaired) electrons. The van der Waals surface area contributed by atoms with E-state index in [1.807, 2.05) is 32.3 Å². The van der Waals surface area contributed by atoms with Crippen molar-refractivity contribution in [1.29, 1.82) is 0 Å². The first kappa shape index (κ1) is 16.8. The van der Waals surface area contributed by atoms with Crippen LogP contribution < -0.4 is 4.74 Å². The number of likely N-dealkylation sites (tertiary alicyclic amines) is 1. The third-order valence-electron chi connectivity index (χ3n) is 5.59. The molecule has 3 atom stereocenters. The van der Waals surface area contributed by atoms with Crippen LogP contribution in [0.5, 0.6) is 5.88 Å². The van der Waals surface area contributed by atoms with E-state index in [1.165, 1.54) is 4.90 Å². The average Bonchev–Trinajstić information content (AvgIpc) is 3.27. The van der Waals surface area contributed by atoms with Crippen molar-refractivity contribution in [1.82, 2.24) is 24.9 Å². The first-order valence-corrected chi connectivity index (χ1v) is 8.94. The zero-order valence-electron chi connectivity index (χ0n) is 15.0. The van der Waals surface area contributed by atoms with Crippen LogP contribution in [0.15, 0.2) is 18.3 Å². The fourth-order valence-corrected chi connectivity index (χ4v) is 4.36. The lowest BCUT2D eigenvalue weighted by atomic mass is 10.0. The number of aryl methyl sites for hydroxylation is 2. The third kappa shape index (κ3) is 3.11. The predicted molar refractivity (Wildman–Crippen MR) is 93.8 cm³/mol. The van der Waals surface area contributed by atoms with E-state index in [-0.39, 0.29) is 0 Å². The van der Waals surface area contributed by atoms with E-state index in [9.17, 15) is 4.79 Å². The fourth-order valence-electron chi connectivity index (χ4n) is 4.36. The number of carboxylic acid groups (broad SMARTS) is 1. The topological polar surface area (TPSA) is 93.4 Å². The van der Waals surface area contributed by atoms with Crippen LogP contribution in [-0.4, -0.2) is 55.8 Å². The Kier molecular flexibility index (Phi) is 4.26. The minimum atomic E-state index is -0.800. The van der Waals surface area contributed by atoms with Gasteiger partial charge in [-0.25, -0.2) is 4.79 Å². The summed E-state index contributed by atoms with van der Waals surface area (Å²) in [7, 11) is 1.89. The van der Waals surface area contributed by atoms with Gasteiger partial charge in [0.15, 0.2) is 0 Å². The highest BCUT2D eigenvalue weighted by Crippen LogP contribution is 2.41. The molecule has 1 saturated carbocycles. The van der Waals surface area contributed by atoms with Crippen LogP contribution in [0.2, 0.25) is 0 Å². The molecule has 2 aromatic heterocycles. The molecule has 0 bridgehead atoms. The lowest BCUT2D eigenvalue weighted by Crippen LogP contribution is -2.28. The van der Waals surface area contributed by atoms with Crippen molar-refractivity contribution < 1.29 is 14.6 Å². The predicted octanol–water partition coefficient (Wildman–Crippen LogP) is 2.20. The van der Waals surface area contributed by atoms with Crippen LogP contribution in [-0.2, 0) is 7.05 Å². The van der Waals surface area contributed by atoms with Gasteiger partial charge in [-0.15, -0.1) is 10.2 Å². The summed E-state index contributed by atoms with van der Waals surface area (Å²) in [6, 6.07) is 3.75. The standard InChI is InChI=1S/C18H23N5O3/c1-11-7-19-22(2)17(11)15-3-4-16(21-20-15)26-10-12-5-13-8-23(18(24)25)9-14(13)6-12/h3-4,7,12-14H,5-6,8-10H2,1-2H3,(H,24,25)/t12?,13-,14+. The van der Waals surface area contributed by atoms with Crippen molar-refractivity contribution >= 4 is 6.09 Å². The van der Waals surface area contributed by atoms with Crippen LogP contribution in [0.4, 0.5) is 4.79 Å². The van der Waals surface area contributed by atoms with E-state index in [0.717, 1.165) is 29.8 Å². The molecule has 1 N–H and O–H groups in total. The molecule has 8 heteroatoms. The first-order chi connectivity index (χ1) is 12.5. The fraction of sp³-hybridized carbons (Fsp3) is 0.556. The summed E-state index contributed by atoms with van der Waals surface area (Å²) in [4.78, 5) is 12.6. The molecule has 1 aliphatic heterocycles. The number of rotatable bonds is 4. The van der Waals surface area contributed by atoms with Gasteiger partial charge in [-0.05, 0) is 49.1 Å². The second-order valence-electron chi connectivity index (χ2n) is 7.41. The third-order valence-corrected chi connectivity index (χ3v) is 5.59. The van der Waals surface area contributed by atoms with Crippen LogP contribution >= 0.6 is 0 Å². The first-order valence-electron chi connectivity index (χ1n) is 8.94. The Morgan fingerprint density at radius 3 is 2.54 bits per heavy atom. The molecular weight excluding hydrogens is 334 g/mol. The minimum Gasteiger partial charge on any atom is -0.476 e. The molecule has 138 valence electrons. The summed E-state index contributed by atoms with van der Waals surface area (Å²) in [5, 5.41) is 21.8. The van der Waals surface area contributed by atoms with Crippen molar-refractivity contribution in [3.05, 3.63) is 23.9 Å². The number of fused-ring (bicyclic) bond motifs is 1. The normalized spacial score (nSPS) is 24.7. The van der Waals surface area contributed by atoms with Crippen molar-refractivity contribution in [2.75, 3.05) is 19.7 Å². The molecule has 2 aliphatic rings. The molecule has 1 aliphatic carbocycles. The number of nitrogens with zero attached hydrogens (tertiary/aromatic N) is 5. The van der Waals surface area contributed by atoms with Crippen molar-refractivity contribution in [3.63, 3.8) is 0 Å². The maximum Gasteiger partial charge on any atom is 0.407 e. The Morgan fingerprint density at radius 1 is 1.27 bits per heavy atom. The van der Waals surface area contributed by atoms with E-state index >= 15 is 0 Å². The van der Waals surface area contributed by atoms with Gasteiger partial charge in [-0.1, -0.05) is 0 Å². The van der Waals surface area contributed by atoms with Gasteiger partial charge in [0.1, 0.15) is 5.69 Å². The number of hydrogen-bond acceptors (Lipinski definition) is 5. The summed E-state index contributed by atoms with van der Waals surface area (Å²) in [5.74, 6) is 1.93. The van der Waals surface area contributed by atoms with Crippen LogP contribution in [0, 0.1) is 24.7 Å². The monoisotopic (exact) mass is 357 g/mol. The molecule has 4 rings (SSSR count). The number of amides is 1.